The first-order valence-electron chi connectivity index (χ1n) is 6.07. The van der Waals surface area contributed by atoms with E-state index in [1.165, 1.54) is 26.4 Å². The third kappa shape index (κ3) is 3.46. The highest BCUT2D eigenvalue weighted by molar-refractivity contribution is 9.10. The topological polar surface area (TPSA) is 67.8 Å². The summed E-state index contributed by atoms with van der Waals surface area (Å²) in [6.45, 7) is 0. The van der Waals surface area contributed by atoms with Gasteiger partial charge >= 0.3 is 0 Å². The molecule has 1 amide bonds. The lowest BCUT2D eigenvalue weighted by molar-refractivity contribution is 0.102. The molecule has 0 aliphatic heterocycles. The molecule has 0 atom stereocenters. The number of carbonyl (C=O) groups excluding carboxylic acids is 1. The van der Waals surface area contributed by atoms with Crippen molar-refractivity contribution in [3.8, 4) is 17.2 Å². The van der Waals surface area contributed by atoms with Crippen LogP contribution in [0.2, 0.25) is 0 Å². The summed E-state index contributed by atoms with van der Waals surface area (Å²) in [4.78, 5) is 12.2. The number of benzene rings is 2. The molecule has 0 unspecified atom stereocenters. The summed E-state index contributed by atoms with van der Waals surface area (Å²) in [6, 6.07) is 9.73. The molecule has 0 aliphatic carbocycles. The molecule has 0 fully saturated rings. The smallest absolute Gasteiger partial charge is 0.255 e. The highest BCUT2D eigenvalue weighted by Gasteiger charge is 2.12. The number of phenolic OH excluding ortho intramolecular Hbond substituents is 1. The van der Waals surface area contributed by atoms with Crippen molar-refractivity contribution < 1.29 is 19.4 Å². The second-order valence-corrected chi connectivity index (χ2v) is 5.10. The van der Waals surface area contributed by atoms with E-state index >= 15 is 0 Å². The Labute approximate surface area is 130 Å². The molecule has 2 N–H and O–H groups in total. The van der Waals surface area contributed by atoms with E-state index in [2.05, 4.69) is 21.2 Å². The number of anilines is 1. The molecule has 0 spiro atoms. The minimum Gasteiger partial charge on any atom is -0.504 e. The first kappa shape index (κ1) is 15.2. The van der Waals surface area contributed by atoms with E-state index in [0.29, 0.717) is 22.7 Å². The van der Waals surface area contributed by atoms with Gasteiger partial charge < -0.3 is 19.9 Å². The lowest BCUT2D eigenvalue weighted by Crippen LogP contribution is -2.12. The standard InChI is InChI=1S/C15H14BrNO4/c1-20-13-6-4-10(16)8-11(13)17-15(19)9-3-5-14(21-2)12(18)7-9/h3-8,18H,1-2H3,(H,17,19). The molecule has 0 saturated carbocycles. The van der Waals surface area contributed by atoms with Gasteiger partial charge in [-0.05, 0) is 36.4 Å². The van der Waals surface area contributed by atoms with Crippen LogP contribution >= 0.6 is 15.9 Å². The van der Waals surface area contributed by atoms with Crippen molar-refractivity contribution in [2.75, 3.05) is 19.5 Å². The van der Waals surface area contributed by atoms with Crippen molar-refractivity contribution >= 4 is 27.5 Å². The van der Waals surface area contributed by atoms with Crippen LogP contribution in [0.3, 0.4) is 0 Å². The molecule has 21 heavy (non-hydrogen) atoms. The molecule has 0 saturated heterocycles. The zero-order chi connectivity index (χ0) is 15.4. The van der Waals surface area contributed by atoms with Gasteiger partial charge in [0.2, 0.25) is 0 Å². The average molecular weight is 352 g/mol. The van der Waals surface area contributed by atoms with Crippen LogP contribution in [-0.4, -0.2) is 25.2 Å². The van der Waals surface area contributed by atoms with Gasteiger partial charge in [-0.25, -0.2) is 0 Å². The molecule has 2 aromatic carbocycles. The van der Waals surface area contributed by atoms with Crippen molar-refractivity contribution in [3.63, 3.8) is 0 Å². The minimum atomic E-state index is -0.357. The summed E-state index contributed by atoms with van der Waals surface area (Å²) in [5.74, 6) is 0.409. The third-order valence-electron chi connectivity index (χ3n) is 2.85. The average Bonchev–Trinajstić information content (AvgIpc) is 2.47. The number of carbonyl (C=O) groups is 1. The second-order valence-electron chi connectivity index (χ2n) is 4.19. The van der Waals surface area contributed by atoms with Crippen LogP contribution in [0.25, 0.3) is 0 Å². The fraction of sp³-hybridized carbons (Fsp3) is 0.133. The molecular weight excluding hydrogens is 338 g/mol. The Hall–Kier alpha value is -2.21. The highest BCUT2D eigenvalue weighted by Crippen LogP contribution is 2.30. The molecule has 5 nitrogen and oxygen atoms in total. The maximum absolute atomic E-state index is 12.2. The van der Waals surface area contributed by atoms with Gasteiger partial charge in [0.05, 0.1) is 19.9 Å². The van der Waals surface area contributed by atoms with Gasteiger partial charge in [-0.1, -0.05) is 15.9 Å². The lowest BCUT2D eigenvalue weighted by atomic mass is 10.2. The molecule has 0 aromatic heterocycles. The summed E-state index contributed by atoms with van der Waals surface area (Å²) in [5.41, 5.74) is 0.850. The monoisotopic (exact) mass is 351 g/mol. The van der Waals surface area contributed by atoms with Crippen LogP contribution in [-0.2, 0) is 0 Å². The van der Waals surface area contributed by atoms with E-state index in [9.17, 15) is 9.90 Å². The van der Waals surface area contributed by atoms with E-state index in [-0.39, 0.29) is 11.7 Å². The summed E-state index contributed by atoms with van der Waals surface area (Å²) in [5, 5.41) is 12.5. The quantitative estimate of drug-likeness (QED) is 0.885. The Morgan fingerprint density at radius 1 is 1.10 bits per heavy atom. The number of nitrogens with one attached hydrogen (secondary N) is 1. The van der Waals surface area contributed by atoms with Gasteiger partial charge in [0.25, 0.3) is 5.91 Å². The van der Waals surface area contributed by atoms with Gasteiger partial charge in [-0.3, -0.25) is 4.79 Å². The van der Waals surface area contributed by atoms with Gasteiger partial charge in [-0.2, -0.15) is 0 Å². The van der Waals surface area contributed by atoms with Crippen molar-refractivity contribution in [1.82, 2.24) is 0 Å². The Kier molecular flexibility index (Phi) is 4.70. The largest absolute Gasteiger partial charge is 0.504 e. The number of ether oxygens (including phenoxy) is 2. The van der Waals surface area contributed by atoms with Crippen LogP contribution in [0, 0.1) is 0 Å². The molecule has 0 aliphatic rings. The number of aromatic hydroxyl groups is 1. The number of amides is 1. The van der Waals surface area contributed by atoms with Gasteiger partial charge in [-0.15, -0.1) is 0 Å². The first-order chi connectivity index (χ1) is 10.0. The van der Waals surface area contributed by atoms with Crippen molar-refractivity contribution in [2.24, 2.45) is 0 Å². The van der Waals surface area contributed by atoms with Crippen molar-refractivity contribution in [2.45, 2.75) is 0 Å². The predicted octanol–water partition coefficient (Wildman–Crippen LogP) is 3.42. The molecule has 110 valence electrons. The summed E-state index contributed by atoms with van der Waals surface area (Å²) >= 11 is 3.34. The number of rotatable bonds is 4. The zero-order valence-corrected chi connectivity index (χ0v) is 13.1. The van der Waals surface area contributed by atoms with E-state index in [4.69, 9.17) is 9.47 Å². The third-order valence-corrected chi connectivity index (χ3v) is 3.34. The minimum absolute atomic E-state index is 0.0913. The van der Waals surface area contributed by atoms with E-state index in [0.717, 1.165) is 4.47 Å². The van der Waals surface area contributed by atoms with Crippen LogP contribution in [0.4, 0.5) is 5.69 Å². The summed E-state index contributed by atoms with van der Waals surface area (Å²) in [7, 11) is 2.97. The normalized spacial score (nSPS) is 10.0. The fourth-order valence-corrected chi connectivity index (χ4v) is 2.16. The van der Waals surface area contributed by atoms with Crippen LogP contribution in [0.15, 0.2) is 40.9 Å². The van der Waals surface area contributed by atoms with E-state index in [1.807, 2.05) is 6.07 Å². The molecule has 2 aromatic rings. The molecule has 0 radical (unpaired) electrons. The maximum atomic E-state index is 12.2. The van der Waals surface area contributed by atoms with Gasteiger partial charge in [0.15, 0.2) is 11.5 Å². The van der Waals surface area contributed by atoms with Crippen LogP contribution in [0.1, 0.15) is 10.4 Å². The number of hydrogen-bond donors (Lipinski definition) is 2. The first-order valence-corrected chi connectivity index (χ1v) is 6.86. The van der Waals surface area contributed by atoms with Crippen molar-refractivity contribution in [1.29, 1.82) is 0 Å². The number of halogens is 1. The summed E-state index contributed by atoms with van der Waals surface area (Å²) in [6.07, 6.45) is 0. The highest BCUT2D eigenvalue weighted by atomic mass is 79.9. The predicted molar refractivity (Wildman–Crippen MR) is 83.3 cm³/mol. The van der Waals surface area contributed by atoms with Crippen LogP contribution in [0.5, 0.6) is 17.2 Å². The number of phenols is 1. The SMILES string of the molecule is COc1ccc(C(=O)Nc2cc(Br)ccc2OC)cc1O. The Bertz CT molecular complexity index is 673. The second kappa shape index (κ2) is 6.49. The number of methoxy groups -OCH3 is 2. The van der Waals surface area contributed by atoms with Crippen molar-refractivity contribution in [3.05, 3.63) is 46.4 Å². The Balaban J connectivity index is 2.26. The lowest BCUT2D eigenvalue weighted by Gasteiger charge is -2.11. The van der Waals surface area contributed by atoms with E-state index < -0.39 is 0 Å². The maximum Gasteiger partial charge on any atom is 0.255 e. The molecule has 0 bridgehead atoms. The fourth-order valence-electron chi connectivity index (χ4n) is 1.80. The Morgan fingerprint density at radius 3 is 2.38 bits per heavy atom. The molecule has 0 heterocycles. The zero-order valence-electron chi connectivity index (χ0n) is 11.5. The van der Waals surface area contributed by atoms with Gasteiger partial charge in [0, 0.05) is 10.0 Å². The number of hydrogen-bond acceptors (Lipinski definition) is 4. The van der Waals surface area contributed by atoms with Gasteiger partial charge in [0.1, 0.15) is 5.75 Å². The molecule has 6 heteroatoms. The van der Waals surface area contributed by atoms with Crippen LogP contribution < -0.4 is 14.8 Å². The molecule has 2 rings (SSSR count). The summed E-state index contributed by atoms with van der Waals surface area (Å²) < 4.78 is 11.0. The Morgan fingerprint density at radius 2 is 1.76 bits per heavy atom. The molecular formula is C15H14BrNO4. The van der Waals surface area contributed by atoms with E-state index in [1.54, 1.807) is 18.2 Å².